The Labute approximate surface area is 173 Å². The van der Waals surface area contributed by atoms with Crippen LogP contribution in [0.25, 0.3) is 5.82 Å². The predicted octanol–water partition coefficient (Wildman–Crippen LogP) is 3.77. The topological polar surface area (TPSA) is 64.7 Å². The van der Waals surface area contributed by atoms with Crippen molar-refractivity contribution in [3.8, 4) is 5.82 Å². The minimum absolute atomic E-state index is 0.248. The van der Waals surface area contributed by atoms with Gasteiger partial charge in [-0.25, -0.2) is 4.68 Å². The van der Waals surface area contributed by atoms with Crippen LogP contribution in [0.1, 0.15) is 21.6 Å². The summed E-state index contributed by atoms with van der Waals surface area (Å²) in [7, 11) is 0. The van der Waals surface area contributed by atoms with E-state index in [1.165, 1.54) is 4.90 Å². The number of hydrogen-bond donors (Lipinski definition) is 1. The molecule has 0 atom stereocenters. The third-order valence-corrected chi connectivity index (χ3v) is 5.30. The quantitative estimate of drug-likeness (QED) is 0.477. The van der Waals surface area contributed by atoms with Gasteiger partial charge >= 0.3 is 0 Å². The van der Waals surface area contributed by atoms with E-state index in [0.717, 1.165) is 11.1 Å². The molecule has 0 saturated heterocycles. The molecule has 2 aromatic carbocycles. The summed E-state index contributed by atoms with van der Waals surface area (Å²) in [6.07, 6.45) is 5.81. The Morgan fingerprint density at radius 3 is 2.38 bits per heavy atom. The van der Waals surface area contributed by atoms with Gasteiger partial charge in [-0.2, -0.15) is 0 Å². The molecule has 0 saturated carbocycles. The number of rotatable bonds is 7. The van der Waals surface area contributed by atoms with E-state index in [0.29, 0.717) is 24.6 Å². The second kappa shape index (κ2) is 8.79. The molecule has 2 heterocycles. The lowest BCUT2D eigenvalue weighted by Crippen LogP contribution is -2.25. The highest BCUT2D eigenvalue weighted by atomic mass is 32.2. The Morgan fingerprint density at radius 2 is 1.69 bits per heavy atom. The summed E-state index contributed by atoms with van der Waals surface area (Å²) in [4.78, 5) is 14.1. The fourth-order valence-electron chi connectivity index (χ4n) is 3.06. The van der Waals surface area contributed by atoms with E-state index in [1.807, 2.05) is 89.9 Å². The third-order valence-electron chi connectivity index (χ3n) is 4.56. The fraction of sp³-hybridized carbons (Fsp3) is 0.136. The van der Waals surface area contributed by atoms with Gasteiger partial charge in [-0.1, -0.05) is 47.7 Å². The Hall–Kier alpha value is -3.32. The maximum atomic E-state index is 12.9. The molecule has 0 radical (unpaired) electrons. The molecule has 0 fully saturated rings. The average molecular weight is 404 g/mol. The van der Waals surface area contributed by atoms with E-state index in [4.69, 9.17) is 0 Å². The van der Waals surface area contributed by atoms with Gasteiger partial charge in [0.1, 0.15) is 0 Å². The van der Waals surface area contributed by atoms with Crippen LogP contribution in [-0.4, -0.2) is 31.7 Å². The molecule has 6 nitrogen and oxygen atoms in total. The van der Waals surface area contributed by atoms with Crippen LogP contribution in [0, 0.1) is 0 Å². The van der Waals surface area contributed by atoms with Crippen LogP contribution in [0.2, 0.25) is 0 Å². The van der Waals surface area contributed by atoms with Crippen molar-refractivity contribution in [1.29, 1.82) is 0 Å². The van der Waals surface area contributed by atoms with Gasteiger partial charge in [-0.15, -0.1) is 16.9 Å². The largest absolute Gasteiger partial charge is 0.346 e. The summed E-state index contributed by atoms with van der Waals surface area (Å²) in [5, 5.41) is 11.4. The molecule has 0 bridgehead atoms. The summed E-state index contributed by atoms with van der Waals surface area (Å²) in [5.41, 5.74) is 2.43. The van der Waals surface area contributed by atoms with Gasteiger partial charge < -0.3 is 9.88 Å². The van der Waals surface area contributed by atoms with E-state index in [9.17, 15) is 4.79 Å². The fourth-order valence-corrected chi connectivity index (χ4v) is 3.47. The van der Waals surface area contributed by atoms with Crippen molar-refractivity contribution in [3.63, 3.8) is 0 Å². The van der Waals surface area contributed by atoms with Crippen molar-refractivity contribution < 1.29 is 4.79 Å². The van der Waals surface area contributed by atoms with Crippen LogP contribution in [0.4, 0.5) is 0 Å². The van der Waals surface area contributed by atoms with Crippen molar-refractivity contribution >= 4 is 17.7 Å². The minimum Gasteiger partial charge on any atom is -0.346 e. The average Bonchev–Trinajstić information content (AvgIpc) is 3.43. The number of nitrogens with zero attached hydrogens (tertiary/aromatic N) is 4. The third kappa shape index (κ3) is 4.41. The van der Waals surface area contributed by atoms with E-state index in [2.05, 4.69) is 15.6 Å². The molecular formula is C22H21N5OS. The number of aromatic nitrogens is 4. The van der Waals surface area contributed by atoms with Crippen LogP contribution in [0.5, 0.6) is 0 Å². The minimum atomic E-state index is -0.248. The molecule has 0 spiro atoms. The molecule has 4 aromatic rings. The molecule has 0 aliphatic heterocycles. The standard InChI is InChI=1S/C22H21N5OS/c1-29-19-11-9-17(10-12-19)15-23-21(28)20-22(26-13-5-6-14-26)27(25-24-20)16-18-7-3-2-4-8-18/h2-14H,15-16H2,1H3,(H,23,28). The van der Waals surface area contributed by atoms with Crippen molar-refractivity contribution in [1.82, 2.24) is 24.9 Å². The Bertz CT molecular complexity index is 1070. The lowest BCUT2D eigenvalue weighted by Gasteiger charge is -2.10. The molecule has 1 amide bonds. The molecule has 0 aliphatic rings. The summed E-state index contributed by atoms with van der Waals surface area (Å²) < 4.78 is 3.61. The van der Waals surface area contributed by atoms with Crippen molar-refractivity contribution in [3.05, 3.63) is 95.9 Å². The van der Waals surface area contributed by atoms with E-state index >= 15 is 0 Å². The number of carbonyl (C=O) groups excluding carboxylic acids is 1. The maximum absolute atomic E-state index is 12.9. The van der Waals surface area contributed by atoms with E-state index in [-0.39, 0.29) is 5.91 Å². The van der Waals surface area contributed by atoms with Gasteiger partial charge in [-0.3, -0.25) is 4.79 Å². The van der Waals surface area contributed by atoms with E-state index in [1.54, 1.807) is 16.4 Å². The van der Waals surface area contributed by atoms with Gasteiger partial charge in [0.25, 0.3) is 5.91 Å². The smallest absolute Gasteiger partial charge is 0.276 e. The lowest BCUT2D eigenvalue weighted by atomic mass is 10.2. The summed E-state index contributed by atoms with van der Waals surface area (Å²) in [6.45, 7) is 0.967. The Morgan fingerprint density at radius 1 is 0.966 bits per heavy atom. The molecule has 0 unspecified atom stereocenters. The first-order valence-corrected chi connectivity index (χ1v) is 10.5. The molecule has 4 rings (SSSR count). The molecule has 7 heteroatoms. The molecule has 0 aliphatic carbocycles. The molecular weight excluding hydrogens is 382 g/mol. The molecule has 1 N–H and O–H groups in total. The highest BCUT2D eigenvalue weighted by Crippen LogP contribution is 2.16. The zero-order valence-corrected chi connectivity index (χ0v) is 16.8. The summed E-state index contributed by atoms with van der Waals surface area (Å²) in [5.74, 6) is 0.399. The Balaban J connectivity index is 1.56. The molecule has 29 heavy (non-hydrogen) atoms. The van der Waals surface area contributed by atoms with Crippen molar-refractivity contribution in [2.45, 2.75) is 18.0 Å². The maximum Gasteiger partial charge on any atom is 0.276 e. The summed E-state index contributed by atoms with van der Waals surface area (Å²) in [6, 6.07) is 22.0. The first-order valence-electron chi connectivity index (χ1n) is 9.26. The zero-order chi connectivity index (χ0) is 20.1. The number of nitrogens with one attached hydrogen (secondary N) is 1. The number of amides is 1. The first kappa shape index (κ1) is 19.0. The summed E-state index contributed by atoms with van der Waals surface area (Å²) >= 11 is 1.69. The van der Waals surface area contributed by atoms with Crippen LogP contribution in [-0.2, 0) is 13.1 Å². The number of benzene rings is 2. The number of carbonyl (C=O) groups is 1. The zero-order valence-electron chi connectivity index (χ0n) is 16.0. The van der Waals surface area contributed by atoms with Crippen LogP contribution >= 0.6 is 11.8 Å². The SMILES string of the molecule is CSc1ccc(CNC(=O)c2nnn(Cc3ccccc3)c2-n2cccc2)cc1. The van der Waals surface area contributed by atoms with Gasteiger partial charge in [0.05, 0.1) is 6.54 Å². The van der Waals surface area contributed by atoms with Crippen molar-refractivity contribution in [2.24, 2.45) is 0 Å². The number of thioether (sulfide) groups is 1. The van der Waals surface area contributed by atoms with Crippen LogP contribution in [0.3, 0.4) is 0 Å². The highest BCUT2D eigenvalue weighted by molar-refractivity contribution is 7.98. The predicted molar refractivity (Wildman–Crippen MR) is 114 cm³/mol. The molecule has 2 aromatic heterocycles. The normalized spacial score (nSPS) is 10.8. The van der Waals surface area contributed by atoms with Crippen LogP contribution < -0.4 is 5.32 Å². The van der Waals surface area contributed by atoms with Gasteiger partial charge in [0.15, 0.2) is 11.5 Å². The highest BCUT2D eigenvalue weighted by Gasteiger charge is 2.21. The number of hydrogen-bond acceptors (Lipinski definition) is 4. The second-order valence-corrected chi connectivity index (χ2v) is 7.41. The van der Waals surface area contributed by atoms with Gasteiger partial charge in [0.2, 0.25) is 0 Å². The molecule has 146 valence electrons. The van der Waals surface area contributed by atoms with Crippen molar-refractivity contribution in [2.75, 3.05) is 6.26 Å². The van der Waals surface area contributed by atoms with E-state index < -0.39 is 0 Å². The first-order chi connectivity index (χ1) is 14.2. The van der Waals surface area contributed by atoms with Gasteiger partial charge in [0, 0.05) is 23.8 Å². The lowest BCUT2D eigenvalue weighted by molar-refractivity contribution is 0.0946. The Kier molecular flexibility index (Phi) is 5.76. The second-order valence-electron chi connectivity index (χ2n) is 6.53. The van der Waals surface area contributed by atoms with Gasteiger partial charge in [-0.05, 0) is 41.6 Å². The van der Waals surface area contributed by atoms with Crippen LogP contribution in [0.15, 0.2) is 84.0 Å². The monoisotopic (exact) mass is 403 g/mol.